The fourth-order valence-corrected chi connectivity index (χ4v) is 3.28. The average molecular weight is 357 g/mol. The minimum absolute atomic E-state index is 0.00422. The zero-order valence-corrected chi connectivity index (χ0v) is 14.2. The van der Waals surface area contributed by atoms with Crippen LogP contribution in [0.15, 0.2) is 42.9 Å². The Morgan fingerprint density at radius 3 is 3.04 bits per heavy atom. The Balaban J connectivity index is 1.52. The van der Waals surface area contributed by atoms with E-state index in [4.69, 9.17) is 11.6 Å². The lowest BCUT2D eigenvalue weighted by Crippen LogP contribution is -2.41. The molecule has 1 saturated heterocycles. The van der Waals surface area contributed by atoms with Gasteiger partial charge in [0.15, 0.2) is 5.65 Å². The van der Waals surface area contributed by atoms with Crippen molar-refractivity contribution in [2.75, 3.05) is 23.3 Å². The lowest BCUT2D eigenvalue weighted by molar-refractivity contribution is -0.120. The SMILES string of the molecule is O=C(Nc1cccnc1)C1CCCN(c2nnc3ccc(Cl)cn23)C1. The topological polar surface area (TPSA) is 75.4 Å². The normalized spacial score (nSPS) is 17.6. The third-order valence-electron chi connectivity index (χ3n) is 4.35. The van der Waals surface area contributed by atoms with Gasteiger partial charge >= 0.3 is 0 Å². The summed E-state index contributed by atoms with van der Waals surface area (Å²) >= 11 is 6.09. The van der Waals surface area contributed by atoms with Crippen molar-refractivity contribution in [3.63, 3.8) is 0 Å². The van der Waals surface area contributed by atoms with E-state index in [0.717, 1.165) is 31.0 Å². The van der Waals surface area contributed by atoms with Gasteiger partial charge in [0.05, 0.1) is 22.8 Å². The van der Waals surface area contributed by atoms with E-state index in [1.807, 2.05) is 16.5 Å². The molecule has 0 spiro atoms. The number of piperidine rings is 1. The zero-order valence-electron chi connectivity index (χ0n) is 13.5. The molecule has 1 atom stereocenters. The quantitative estimate of drug-likeness (QED) is 0.780. The molecule has 0 radical (unpaired) electrons. The van der Waals surface area contributed by atoms with Crippen molar-refractivity contribution in [2.45, 2.75) is 12.8 Å². The Morgan fingerprint density at radius 2 is 2.20 bits per heavy atom. The Labute approximate surface area is 149 Å². The summed E-state index contributed by atoms with van der Waals surface area (Å²) in [6, 6.07) is 7.25. The van der Waals surface area contributed by atoms with Crippen molar-refractivity contribution in [3.8, 4) is 0 Å². The average Bonchev–Trinajstić information content (AvgIpc) is 3.05. The monoisotopic (exact) mass is 356 g/mol. The first kappa shape index (κ1) is 15.8. The van der Waals surface area contributed by atoms with Crippen LogP contribution in [0.3, 0.4) is 0 Å². The van der Waals surface area contributed by atoms with Gasteiger partial charge in [0, 0.05) is 25.5 Å². The first-order valence-electron chi connectivity index (χ1n) is 8.17. The van der Waals surface area contributed by atoms with E-state index in [0.29, 0.717) is 17.3 Å². The molecule has 25 heavy (non-hydrogen) atoms. The van der Waals surface area contributed by atoms with Crippen LogP contribution in [0, 0.1) is 5.92 Å². The Hall–Kier alpha value is -2.67. The predicted octanol–water partition coefficient (Wildman–Crippen LogP) is 2.63. The second-order valence-corrected chi connectivity index (χ2v) is 6.53. The number of aromatic nitrogens is 4. The summed E-state index contributed by atoms with van der Waals surface area (Å²) in [6.07, 6.45) is 6.89. The van der Waals surface area contributed by atoms with Crippen molar-refractivity contribution in [2.24, 2.45) is 5.92 Å². The maximum Gasteiger partial charge on any atom is 0.231 e. The van der Waals surface area contributed by atoms with Crippen LogP contribution in [0.2, 0.25) is 5.02 Å². The number of anilines is 2. The summed E-state index contributed by atoms with van der Waals surface area (Å²) in [7, 11) is 0. The molecule has 7 nitrogen and oxygen atoms in total. The number of nitrogens with zero attached hydrogens (tertiary/aromatic N) is 5. The van der Waals surface area contributed by atoms with Crippen molar-refractivity contribution >= 4 is 34.8 Å². The number of carbonyl (C=O) groups excluding carboxylic acids is 1. The summed E-state index contributed by atoms with van der Waals surface area (Å²) in [6.45, 7) is 1.43. The van der Waals surface area contributed by atoms with E-state index >= 15 is 0 Å². The molecular weight excluding hydrogens is 340 g/mol. The molecule has 0 aromatic carbocycles. The highest BCUT2D eigenvalue weighted by atomic mass is 35.5. The van der Waals surface area contributed by atoms with Gasteiger partial charge in [0.25, 0.3) is 0 Å². The minimum atomic E-state index is -0.111. The van der Waals surface area contributed by atoms with Gasteiger partial charge in [-0.05, 0) is 37.1 Å². The summed E-state index contributed by atoms with van der Waals surface area (Å²) in [5.74, 6) is 0.612. The van der Waals surface area contributed by atoms with E-state index in [1.165, 1.54) is 0 Å². The summed E-state index contributed by atoms with van der Waals surface area (Å²) in [4.78, 5) is 18.7. The standard InChI is InChI=1S/C17H17ClN6O/c18-13-5-6-15-21-22-17(24(15)11-13)23-8-2-3-12(10-23)16(25)20-14-4-1-7-19-9-14/h1,4-7,9,11-12H,2-3,8,10H2,(H,20,25). The molecule has 3 aromatic rings. The van der Waals surface area contributed by atoms with Crippen LogP contribution < -0.4 is 10.2 Å². The van der Waals surface area contributed by atoms with Crippen LogP contribution in [0.25, 0.3) is 5.65 Å². The molecule has 1 aliphatic heterocycles. The maximum absolute atomic E-state index is 12.6. The van der Waals surface area contributed by atoms with Crippen molar-refractivity contribution in [1.82, 2.24) is 19.6 Å². The molecule has 0 saturated carbocycles. The van der Waals surface area contributed by atoms with Crippen molar-refractivity contribution in [1.29, 1.82) is 0 Å². The highest BCUT2D eigenvalue weighted by Crippen LogP contribution is 2.24. The fraction of sp³-hybridized carbons (Fsp3) is 0.294. The second kappa shape index (κ2) is 6.68. The van der Waals surface area contributed by atoms with E-state index in [9.17, 15) is 4.79 Å². The molecule has 1 unspecified atom stereocenters. The van der Waals surface area contributed by atoms with E-state index in [-0.39, 0.29) is 11.8 Å². The number of amides is 1. The minimum Gasteiger partial charge on any atom is -0.340 e. The lowest BCUT2D eigenvalue weighted by atomic mass is 9.97. The van der Waals surface area contributed by atoms with Gasteiger partial charge in [0.2, 0.25) is 11.9 Å². The summed E-state index contributed by atoms with van der Waals surface area (Å²) < 4.78 is 1.86. The molecule has 128 valence electrons. The highest BCUT2D eigenvalue weighted by Gasteiger charge is 2.28. The van der Waals surface area contributed by atoms with Gasteiger partial charge in [-0.1, -0.05) is 11.6 Å². The number of halogens is 1. The number of rotatable bonds is 3. The first-order chi connectivity index (χ1) is 12.2. The molecular formula is C17H17ClN6O. The first-order valence-corrected chi connectivity index (χ1v) is 8.54. The molecule has 4 rings (SSSR count). The number of carbonyl (C=O) groups is 1. The zero-order chi connectivity index (χ0) is 17.2. The fourth-order valence-electron chi connectivity index (χ4n) is 3.12. The van der Waals surface area contributed by atoms with Gasteiger partial charge in [-0.2, -0.15) is 0 Å². The Bertz CT molecular complexity index is 897. The lowest BCUT2D eigenvalue weighted by Gasteiger charge is -2.31. The van der Waals surface area contributed by atoms with Crippen LogP contribution in [-0.2, 0) is 4.79 Å². The molecule has 3 aromatic heterocycles. The molecule has 1 aliphatic rings. The van der Waals surface area contributed by atoms with Gasteiger partial charge in [-0.15, -0.1) is 10.2 Å². The number of fused-ring (bicyclic) bond motifs is 1. The van der Waals surface area contributed by atoms with Crippen LogP contribution in [0.5, 0.6) is 0 Å². The number of pyridine rings is 2. The van der Waals surface area contributed by atoms with Gasteiger partial charge in [0.1, 0.15) is 0 Å². The number of hydrogen-bond acceptors (Lipinski definition) is 5. The predicted molar refractivity (Wildman–Crippen MR) is 95.8 cm³/mol. The molecule has 1 amide bonds. The smallest absolute Gasteiger partial charge is 0.231 e. The maximum atomic E-state index is 12.6. The van der Waals surface area contributed by atoms with Crippen molar-refractivity contribution < 1.29 is 4.79 Å². The van der Waals surface area contributed by atoms with Gasteiger partial charge in [-0.25, -0.2) is 0 Å². The molecule has 1 N–H and O–H groups in total. The third kappa shape index (κ3) is 3.28. The second-order valence-electron chi connectivity index (χ2n) is 6.09. The van der Waals surface area contributed by atoms with E-state index in [2.05, 4.69) is 25.4 Å². The number of nitrogens with one attached hydrogen (secondary N) is 1. The molecule has 0 aliphatic carbocycles. The van der Waals surface area contributed by atoms with E-state index < -0.39 is 0 Å². The Kier molecular flexibility index (Phi) is 4.23. The Morgan fingerprint density at radius 1 is 1.28 bits per heavy atom. The van der Waals surface area contributed by atoms with Crippen molar-refractivity contribution in [3.05, 3.63) is 47.9 Å². The third-order valence-corrected chi connectivity index (χ3v) is 4.58. The molecule has 4 heterocycles. The summed E-state index contributed by atoms with van der Waals surface area (Å²) in [5.41, 5.74) is 1.45. The van der Waals surface area contributed by atoms with Crippen LogP contribution in [0.4, 0.5) is 11.6 Å². The van der Waals surface area contributed by atoms with Crippen LogP contribution in [-0.4, -0.2) is 38.6 Å². The molecule has 0 bridgehead atoms. The van der Waals surface area contributed by atoms with Crippen LogP contribution >= 0.6 is 11.6 Å². The highest BCUT2D eigenvalue weighted by molar-refractivity contribution is 6.30. The summed E-state index contributed by atoms with van der Waals surface area (Å²) in [5, 5.41) is 12.0. The van der Waals surface area contributed by atoms with Gasteiger partial charge in [-0.3, -0.25) is 14.2 Å². The van der Waals surface area contributed by atoms with Gasteiger partial charge < -0.3 is 10.2 Å². The van der Waals surface area contributed by atoms with E-state index in [1.54, 1.807) is 30.7 Å². The molecule has 1 fully saturated rings. The molecule has 8 heteroatoms. The van der Waals surface area contributed by atoms with Crippen LogP contribution in [0.1, 0.15) is 12.8 Å². The largest absolute Gasteiger partial charge is 0.340 e. The number of hydrogen-bond donors (Lipinski definition) is 1.